The summed E-state index contributed by atoms with van der Waals surface area (Å²) in [6.07, 6.45) is 8.06. The van der Waals surface area contributed by atoms with Crippen molar-refractivity contribution in [2.45, 2.75) is 31.7 Å². The van der Waals surface area contributed by atoms with Crippen LogP contribution in [0.1, 0.15) is 36.1 Å². The number of hydrogen-bond acceptors (Lipinski definition) is 7. The Kier molecular flexibility index (Phi) is 4.51. The summed E-state index contributed by atoms with van der Waals surface area (Å²) in [4.78, 5) is 28.4. The van der Waals surface area contributed by atoms with Crippen LogP contribution < -0.4 is 0 Å². The molecule has 8 heteroatoms. The van der Waals surface area contributed by atoms with Crippen LogP contribution in [-0.4, -0.2) is 37.5 Å². The van der Waals surface area contributed by atoms with Crippen LogP contribution in [0.15, 0.2) is 40.6 Å². The molecule has 4 heterocycles. The van der Waals surface area contributed by atoms with E-state index in [4.69, 9.17) is 4.52 Å². The minimum absolute atomic E-state index is 0.103. The maximum atomic E-state index is 12.7. The van der Waals surface area contributed by atoms with Gasteiger partial charge in [0.15, 0.2) is 0 Å². The summed E-state index contributed by atoms with van der Waals surface area (Å²) in [7, 11) is 0. The van der Waals surface area contributed by atoms with E-state index in [0.717, 1.165) is 30.7 Å². The zero-order valence-corrected chi connectivity index (χ0v) is 14.4. The summed E-state index contributed by atoms with van der Waals surface area (Å²) >= 11 is 1.60. The lowest BCUT2D eigenvalue weighted by molar-refractivity contribution is -0.134. The highest BCUT2D eigenvalue weighted by atomic mass is 32.1. The number of likely N-dealkylation sites (tertiary alicyclic amines) is 1. The van der Waals surface area contributed by atoms with E-state index >= 15 is 0 Å². The predicted octanol–water partition coefficient (Wildman–Crippen LogP) is 2.88. The molecular weight excluding hydrogens is 338 g/mol. The molecule has 0 N–H and O–H groups in total. The summed E-state index contributed by atoms with van der Waals surface area (Å²) in [5, 5.41) is 5.99. The van der Waals surface area contributed by atoms with Gasteiger partial charge in [-0.2, -0.15) is 4.98 Å². The monoisotopic (exact) mass is 355 g/mol. The fourth-order valence-electron chi connectivity index (χ4n) is 3.04. The smallest absolute Gasteiger partial charge is 0.249 e. The number of carbonyl (C=O) groups is 1. The van der Waals surface area contributed by atoms with Crippen molar-refractivity contribution in [3.63, 3.8) is 0 Å². The second kappa shape index (κ2) is 7.10. The number of amides is 1. The van der Waals surface area contributed by atoms with Gasteiger partial charge in [-0.3, -0.25) is 9.78 Å². The fraction of sp³-hybridized carbons (Fsp3) is 0.353. The van der Waals surface area contributed by atoms with Crippen molar-refractivity contribution < 1.29 is 9.32 Å². The minimum atomic E-state index is -0.167. The van der Waals surface area contributed by atoms with E-state index in [9.17, 15) is 4.79 Å². The Bertz CT molecular complexity index is 834. The number of hydrogen-bond donors (Lipinski definition) is 0. The van der Waals surface area contributed by atoms with Crippen LogP contribution in [0.2, 0.25) is 0 Å². The van der Waals surface area contributed by atoms with Crippen molar-refractivity contribution in [1.82, 2.24) is 25.0 Å². The van der Waals surface area contributed by atoms with Crippen LogP contribution in [0.3, 0.4) is 0 Å². The molecule has 0 unspecified atom stereocenters. The van der Waals surface area contributed by atoms with E-state index in [1.54, 1.807) is 29.9 Å². The Labute approximate surface area is 148 Å². The molecule has 1 fully saturated rings. The summed E-state index contributed by atoms with van der Waals surface area (Å²) in [6, 6.07) is 3.78. The number of nitrogens with zero attached hydrogens (tertiary/aromatic N) is 5. The summed E-state index contributed by atoms with van der Waals surface area (Å²) in [6.45, 7) is 0.720. The number of thiophene rings is 1. The first-order valence-electron chi connectivity index (χ1n) is 8.23. The van der Waals surface area contributed by atoms with Crippen molar-refractivity contribution in [2.24, 2.45) is 0 Å². The van der Waals surface area contributed by atoms with E-state index < -0.39 is 0 Å². The molecule has 0 saturated carbocycles. The van der Waals surface area contributed by atoms with Crippen LogP contribution in [0.4, 0.5) is 0 Å². The van der Waals surface area contributed by atoms with Crippen LogP contribution in [-0.2, 0) is 11.2 Å². The van der Waals surface area contributed by atoms with E-state index in [0.29, 0.717) is 23.8 Å². The highest BCUT2D eigenvalue weighted by molar-refractivity contribution is 7.10. The number of piperidine rings is 1. The molecule has 1 saturated heterocycles. The van der Waals surface area contributed by atoms with Crippen molar-refractivity contribution in [1.29, 1.82) is 0 Å². The summed E-state index contributed by atoms with van der Waals surface area (Å²) in [5.41, 5.74) is 0.560. The second-order valence-corrected chi connectivity index (χ2v) is 6.93. The maximum absolute atomic E-state index is 12.7. The zero-order chi connectivity index (χ0) is 17.1. The number of carbonyl (C=O) groups excluding carboxylic acids is 1. The Morgan fingerprint density at radius 2 is 2.32 bits per heavy atom. The van der Waals surface area contributed by atoms with Gasteiger partial charge in [-0.25, -0.2) is 4.98 Å². The Morgan fingerprint density at radius 1 is 1.36 bits per heavy atom. The molecule has 1 aliphatic heterocycles. The lowest BCUT2D eigenvalue weighted by Gasteiger charge is -2.33. The third kappa shape index (κ3) is 3.43. The average Bonchev–Trinajstić information content (AvgIpc) is 3.34. The SMILES string of the molecule is O=C(Cc1cccs1)N1CCCC[C@@H]1c1nc(-c2cnccn2)no1. The van der Waals surface area contributed by atoms with E-state index in [1.165, 1.54) is 0 Å². The van der Waals surface area contributed by atoms with Gasteiger partial charge in [0.2, 0.25) is 17.6 Å². The van der Waals surface area contributed by atoms with Crippen LogP contribution in [0.25, 0.3) is 11.5 Å². The molecule has 0 bridgehead atoms. The Morgan fingerprint density at radius 3 is 3.12 bits per heavy atom. The second-order valence-electron chi connectivity index (χ2n) is 5.90. The van der Waals surface area contributed by atoms with Gasteiger partial charge in [0.05, 0.1) is 12.6 Å². The van der Waals surface area contributed by atoms with E-state index in [-0.39, 0.29) is 11.9 Å². The Balaban J connectivity index is 1.55. The number of rotatable bonds is 4. The first-order chi connectivity index (χ1) is 12.3. The van der Waals surface area contributed by atoms with Gasteiger partial charge in [0.1, 0.15) is 11.7 Å². The molecule has 4 rings (SSSR count). The van der Waals surface area contributed by atoms with Gasteiger partial charge in [-0.15, -0.1) is 11.3 Å². The molecule has 0 aliphatic carbocycles. The Hall–Kier alpha value is -2.61. The first-order valence-corrected chi connectivity index (χ1v) is 9.11. The molecular formula is C17H17N5O2S. The largest absolute Gasteiger partial charge is 0.337 e. The molecule has 3 aromatic heterocycles. The van der Waals surface area contributed by atoms with Gasteiger partial charge in [-0.1, -0.05) is 11.2 Å². The lowest BCUT2D eigenvalue weighted by atomic mass is 10.0. The van der Waals surface area contributed by atoms with Crippen molar-refractivity contribution in [3.05, 3.63) is 46.9 Å². The third-order valence-electron chi connectivity index (χ3n) is 4.25. The van der Waals surface area contributed by atoms with Crippen LogP contribution >= 0.6 is 11.3 Å². The minimum Gasteiger partial charge on any atom is -0.337 e. The highest BCUT2D eigenvalue weighted by Crippen LogP contribution is 2.31. The number of aromatic nitrogens is 4. The van der Waals surface area contributed by atoms with Crippen LogP contribution in [0.5, 0.6) is 0 Å². The van der Waals surface area contributed by atoms with Gasteiger partial charge < -0.3 is 9.42 Å². The molecule has 1 aliphatic rings. The normalized spacial score (nSPS) is 17.6. The highest BCUT2D eigenvalue weighted by Gasteiger charge is 2.32. The molecule has 3 aromatic rings. The zero-order valence-electron chi connectivity index (χ0n) is 13.5. The molecule has 128 valence electrons. The average molecular weight is 355 g/mol. The summed E-state index contributed by atoms with van der Waals surface area (Å²) < 4.78 is 5.45. The molecule has 0 spiro atoms. The van der Waals surface area contributed by atoms with Crippen molar-refractivity contribution >= 4 is 17.2 Å². The summed E-state index contributed by atoms with van der Waals surface area (Å²) in [5.74, 6) is 0.977. The van der Waals surface area contributed by atoms with E-state index in [1.807, 2.05) is 22.4 Å². The predicted molar refractivity (Wildman–Crippen MR) is 91.7 cm³/mol. The molecule has 25 heavy (non-hydrogen) atoms. The van der Waals surface area contributed by atoms with Crippen molar-refractivity contribution in [3.8, 4) is 11.5 Å². The molecule has 0 radical (unpaired) electrons. The molecule has 7 nitrogen and oxygen atoms in total. The molecule has 1 atom stereocenters. The first kappa shape index (κ1) is 15.9. The van der Waals surface area contributed by atoms with Gasteiger partial charge in [0.25, 0.3) is 0 Å². The molecule has 0 aromatic carbocycles. The van der Waals surface area contributed by atoms with Gasteiger partial charge in [-0.05, 0) is 30.7 Å². The third-order valence-corrected chi connectivity index (χ3v) is 5.12. The standard InChI is InChI=1S/C17H17N5O2S/c23-15(10-12-4-3-9-25-12)22-8-2-1-5-14(22)17-20-16(21-24-17)13-11-18-6-7-19-13/h3-4,6-7,9,11,14H,1-2,5,8,10H2/t14-/m1/s1. The van der Waals surface area contributed by atoms with Crippen molar-refractivity contribution in [2.75, 3.05) is 6.54 Å². The van der Waals surface area contributed by atoms with Crippen LogP contribution in [0, 0.1) is 0 Å². The van der Waals surface area contributed by atoms with Gasteiger partial charge in [0, 0.05) is 23.8 Å². The topological polar surface area (TPSA) is 85.0 Å². The lowest BCUT2D eigenvalue weighted by Crippen LogP contribution is -2.39. The van der Waals surface area contributed by atoms with Gasteiger partial charge >= 0.3 is 0 Å². The maximum Gasteiger partial charge on any atom is 0.249 e. The molecule has 1 amide bonds. The fourth-order valence-corrected chi connectivity index (χ4v) is 3.74. The van der Waals surface area contributed by atoms with E-state index in [2.05, 4.69) is 20.1 Å². The quantitative estimate of drug-likeness (QED) is 0.715.